The van der Waals surface area contributed by atoms with Crippen LogP contribution < -0.4 is 11.2 Å². The normalized spacial score (nSPS) is 11.6. The number of aryl methyl sites for hydroxylation is 2. The second-order valence-electron chi connectivity index (χ2n) is 6.33. The van der Waals surface area contributed by atoms with E-state index in [0.29, 0.717) is 21.9 Å². The van der Waals surface area contributed by atoms with Gasteiger partial charge in [-0.3, -0.25) is 13.9 Å². The Hall–Kier alpha value is -1.67. The Balaban J connectivity index is 2.51. The van der Waals surface area contributed by atoms with Crippen molar-refractivity contribution >= 4 is 22.8 Å². The predicted molar refractivity (Wildman–Crippen MR) is 107 cm³/mol. The molecule has 0 aliphatic carbocycles. The predicted octanol–water partition coefficient (Wildman–Crippen LogP) is 1.80. The minimum Gasteiger partial charge on any atom is -0.303 e. The second-order valence-corrected chi connectivity index (χ2v) is 7.41. The molecule has 8 heteroatoms. The molecule has 0 unspecified atom stereocenters. The largest absolute Gasteiger partial charge is 0.332 e. The van der Waals surface area contributed by atoms with Crippen LogP contribution in [0.2, 0.25) is 0 Å². The van der Waals surface area contributed by atoms with Crippen LogP contribution in [0, 0.1) is 0 Å². The second kappa shape index (κ2) is 9.32. The highest BCUT2D eigenvalue weighted by atomic mass is 32.2. The summed E-state index contributed by atoms with van der Waals surface area (Å²) in [7, 11) is 3.16. The molecule has 2 aromatic rings. The van der Waals surface area contributed by atoms with Gasteiger partial charge in [-0.2, -0.15) is 0 Å². The number of hydrogen-bond acceptors (Lipinski definition) is 6. The SMILES string of the molecule is CCCCc1nc(SCCN(CC)CC)c2c(=O)n(C)c(=O)n(C)c2n1. The minimum atomic E-state index is -0.360. The summed E-state index contributed by atoms with van der Waals surface area (Å²) in [5, 5.41) is 1.13. The van der Waals surface area contributed by atoms with Crippen molar-refractivity contribution in [2.24, 2.45) is 14.1 Å². The Morgan fingerprint density at radius 2 is 1.73 bits per heavy atom. The molecule has 0 bridgehead atoms. The van der Waals surface area contributed by atoms with Crippen LogP contribution >= 0.6 is 11.8 Å². The average Bonchev–Trinajstić information content (AvgIpc) is 2.65. The number of rotatable bonds is 9. The van der Waals surface area contributed by atoms with Gasteiger partial charge in [0.25, 0.3) is 5.56 Å². The van der Waals surface area contributed by atoms with Gasteiger partial charge >= 0.3 is 5.69 Å². The highest BCUT2D eigenvalue weighted by Gasteiger charge is 2.17. The van der Waals surface area contributed by atoms with Crippen molar-refractivity contribution in [3.63, 3.8) is 0 Å². The van der Waals surface area contributed by atoms with Crippen molar-refractivity contribution in [2.75, 3.05) is 25.4 Å². The van der Waals surface area contributed by atoms with E-state index in [1.807, 2.05) is 0 Å². The molecule has 0 aliphatic rings. The fraction of sp³-hybridized carbons (Fsp3) is 0.667. The first-order chi connectivity index (χ1) is 12.4. The molecule has 0 fully saturated rings. The molecule has 0 aliphatic heterocycles. The molecule has 0 saturated heterocycles. The standard InChI is InChI=1S/C18H29N5O2S/c1-6-9-10-13-19-15-14(17(24)22(5)18(25)21(15)4)16(20-13)26-12-11-23(7-2)8-3/h6-12H2,1-5H3. The molecule has 2 aromatic heterocycles. The minimum absolute atomic E-state index is 0.324. The van der Waals surface area contributed by atoms with Crippen LogP contribution in [-0.2, 0) is 20.5 Å². The summed E-state index contributed by atoms with van der Waals surface area (Å²) in [6, 6.07) is 0. The number of fused-ring (bicyclic) bond motifs is 1. The molecular formula is C18H29N5O2S. The molecule has 26 heavy (non-hydrogen) atoms. The van der Waals surface area contributed by atoms with Gasteiger partial charge < -0.3 is 4.90 Å². The number of unbranched alkanes of at least 4 members (excludes halogenated alkanes) is 1. The zero-order valence-electron chi connectivity index (χ0n) is 16.4. The molecule has 7 nitrogen and oxygen atoms in total. The summed E-state index contributed by atoms with van der Waals surface area (Å²) in [5.74, 6) is 1.54. The quantitative estimate of drug-likeness (QED) is 0.489. The van der Waals surface area contributed by atoms with E-state index >= 15 is 0 Å². The van der Waals surface area contributed by atoms with Crippen molar-refractivity contribution in [3.8, 4) is 0 Å². The first-order valence-corrected chi connectivity index (χ1v) is 10.2. The van der Waals surface area contributed by atoms with Crippen LogP contribution in [0.4, 0.5) is 0 Å². The zero-order valence-corrected chi connectivity index (χ0v) is 17.2. The lowest BCUT2D eigenvalue weighted by Gasteiger charge is -2.17. The van der Waals surface area contributed by atoms with E-state index in [9.17, 15) is 9.59 Å². The molecule has 0 radical (unpaired) electrons. The van der Waals surface area contributed by atoms with Crippen LogP contribution in [-0.4, -0.2) is 49.4 Å². The summed E-state index contributed by atoms with van der Waals surface area (Å²) >= 11 is 1.57. The summed E-state index contributed by atoms with van der Waals surface area (Å²) < 4.78 is 2.58. The van der Waals surface area contributed by atoms with Crippen molar-refractivity contribution in [1.82, 2.24) is 24.0 Å². The molecule has 0 N–H and O–H groups in total. The van der Waals surface area contributed by atoms with Crippen molar-refractivity contribution < 1.29 is 0 Å². The number of aromatic nitrogens is 4. The van der Waals surface area contributed by atoms with E-state index in [1.165, 1.54) is 11.6 Å². The maximum Gasteiger partial charge on any atom is 0.332 e. The third kappa shape index (κ3) is 4.35. The Labute approximate surface area is 158 Å². The van der Waals surface area contributed by atoms with Gasteiger partial charge in [-0.1, -0.05) is 27.2 Å². The molecular weight excluding hydrogens is 350 g/mol. The molecule has 0 atom stereocenters. The van der Waals surface area contributed by atoms with Crippen LogP contribution in [0.5, 0.6) is 0 Å². The summed E-state index contributed by atoms with van der Waals surface area (Å²) in [5.41, 5.74) is -0.248. The van der Waals surface area contributed by atoms with Crippen LogP contribution in [0.3, 0.4) is 0 Å². The molecule has 0 amide bonds. The Morgan fingerprint density at radius 3 is 2.35 bits per heavy atom. The highest BCUT2D eigenvalue weighted by molar-refractivity contribution is 7.99. The Morgan fingerprint density at radius 1 is 1.04 bits per heavy atom. The molecule has 0 spiro atoms. The molecule has 2 heterocycles. The lowest BCUT2D eigenvalue weighted by Crippen LogP contribution is -2.38. The van der Waals surface area contributed by atoms with E-state index in [2.05, 4.69) is 35.6 Å². The van der Waals surface area contributed by atoms with Gasteiger partial charge in [-0.15, -0.1) is 11.8 Å². The first kappa shape index (κ1) is 20.6. The lowest BCUT2D eigenvalue weighted by atomic mass is 10.2. The molecule has 0 saturated carbocycles. The highest BCUT2D eigenvalue weighted by Crippen LogP contribution is 2.22. The maximum atomic E-state index is 12.7. The van der Waals surface area contributed by atoms with E-state index < -0.39 is 0 Å². The summed E-state index contributed by atoms with van der Waals surface area (Å²) in [6.07, 6.45) is 2.77. The molecule has 2 rings (SSSR count). The lowest BCUT2D eigenvalue weighted by molar-refractivity contribution is 0.324. The summed E-state index contributed by atoms with van der Waals surface area (Å²) in [4.78, 5) is 36.5. The first-order valence-electron chi connectivity index (χ1n) is 9.26. The number of hydrogen-bond donors (Lipinski definition) is 0. The third-order valence-electron chi connectivity index (χ3n) is 4.61. The van der Waals surface area contributed by atoms with Gasteiger partial charge in [-0.05, 0) is 19.5 Å². The van der Waals surface area contributed by atoms with Gasteiger partial charge in [0.05, 0.1) is 0 Å². The van der Waals surface area contributed by atoms with Gasteiger partial charge in [0.1, 0.15) is 16.2 Å². The maximum absolute atomic E-state index is 12.7. The van der Waals surface area contributed by atoms with Crippen molar-refractivity contribution in [1.29, 1.82) is 0 Å². The van der Waals surface area contributed by atoms with Crippen molar-refractivity contribution in [3.05, 3.63) is 26.7 Å². The van der Waals surface area contributed by atoms with E-state index in [1.54, 1.807) is 18.8 Å². The fourth-order valence-corrected chi connectivity index (χ4v) is 3.87. The summed E-state index contributed by atoms with van der Waals surface area (Å²) in [6.45, 7) is 9.33. The van der Waals surface area contributed by atoms with Gasteiger partial charge in [-0.25, -0.2) is 14.8 Å². The van der Waals surface area contributed by atoms with E-state index in [-0.39, 0.29) is 11.2 Å². The fourth-order valence-electron chi connectivity index (χ4n) is 2.83. The Kier molecular flexibility index (Phi) is 7.40. The van der Waals surface area contributed by atoms with Crippen LogP contribution in [0.25, 0.3) is 11.0 Å². The van der Waals surface area contributed by atoms with Crippen LogP contribution in [0.15, 0.2) is 14.6 Å². The topological polar surface area (TPSA) is 73.0 Å². The number of nitrogens with zero attached hydrogens (tertiary/aromatic N) is 5. The molecule has 144 valence electrons. The smallest absolute Gasteiger partial charge is 0.303 e. The monoisotopic (exact) mass is 379 g/mol. The Bertz CT molecular complexity index is 870. The zero-order chi connectivity index (χ0) is 19.3. The van der Waals surface area contributed by atoms with Gasteiger partial charge in [0.15, 0.2) is 5.65 Å². The van der Waals surface area contributed by atoms with Gasteiger partial charge in [0.2, 0.25) is 0 Å². The van der Waals surface area contributed by atoms with Gasteiger partial charge in [0, 0.05) is 32.8 Å². The van der Waals surface area contributed by atoms with E-state index in [4.69, 9.17) is 0 Å². The third-order valence-corrected chi connectivity index (χ3v) is 5.56. The van der Waals surface area contributed by atoms with E-state index in [0.717, 1.165) is 49.2 Å². The average molecular weight is 380 g/mol. The van der Waals surface area contributed by atoms with Crippen molar-refractivity contribution in [2.45, 2.75) is 45.1 Å². The molecule has 0 aromatic carbocycles. The van der Waals surface area contributed by atoms with Crippen LogP contribution in [0.1, 0.15) is 39.4 Å². The number of thioether (sulfide) groups is 1.